The molecule has 1 unspecified atom stereocenters. The molecule has 2 aromatic carbocycles. The van der Waals surface area contributed by atoms with Crippen molar-refractivity contribution in [1.29, 1.82) is 0 Å². The predicted octanol–water partition coefficient (Wildman–Crippen LogP) is 1.97. The van der Waals surface area contributed by atoms with E-state index in [0.717, 1.165) is 21.1 Å². The molecule has 1 atom stereocenters. The van der Waals surface area contributed by atoms with E-state index in [1.165, 1.54) is 19.1 Å². The topological polar surface area (TPSA) is 130 Å². The number of aliphatic imine (C=N–C) groups is 1. The van der Waals surface area contributed by atoms with Crippen LogP contribution in [0.5, 0.6) is 0 Å². The summed E-state index contributed by atoms with van der Waals surface area (Å²) in [6, 6.07) is 17.3. The van der Waals surface area contributed by atoms with Gasteiger partial charge in [0.2, 0.25) is 0 Å². The molecular weight excluding hydrogens is 438 g/mol. The normalized spacial score (nSPS) is 17.4. The highest BCUT2D eigenvalue weighted by atomic mass is 35.5. The zero-order chi connectivity index (χ0) is 22.6. The summed E-state index contributed by atoms with van der Waals surface area (Å²) in [5, 5.41) is 6.72. The van der Waals surface area contributed by atoms with E-state index in [-0.39, 0.29) is 17.8 Å². The van der Waals surface area contributed by atoms with Gasteiger partial charge in [0, 0.05) is 31.6 Å². The van der Waals surface area contributed by atoms with Gasteiger partial charge < -0.3 is 11.5 Å². The summed E-state index contributed by atoms with van der Waals surface area (Å²) in [5.74, 6) is -0.530. The van der Waals surface area contributed by atoms with E-state index in [2.05, 4.69) is 9.39 Å². The minimum Gasteiger partial charge on any atom is -0.370 e. The van der Waals surface area contributed by atoms with E-state index < -0.39 is 10.2 Å². The molecule has 1 aliphatic heterocycles. The third-order valence-electron chi connectivity index (χ3n) is 4.65. The van der Waals surface area contributed by atoms with Gasteiger partial charge in [0.15, 0.2) is 5.96 Å². The molecule has 0 fully saturated rings. The highest BCUT2D eigenvalue weighted by Gasteiger charge is 2.29. The first-order chi connectivity index (χ1) is 14.7. The van der Waals surface area contributed by atoms with Crippen molar-refractivity contribution in [3.63, 3.8) is 0 Å². The van der Waals surface area contributed by atoms with Gasteiger partial charge in [0.1, 0.15) is 0 Å². The maximum Gasteiger partial charge on any atom is 0.325 e. The fourth-order valence-electron chi connectivity index (χ4n) is 3.10. The Hall–Kier alpha value is -2.95. The Morgan fingerprint density at radius 1 is 1.13 bits per heavy atom. The molecule has 0 spiro atoms. The van der Waals surface area contributed by atoms with Gasteiger partial charge in [-0.1, -0.05) is 54.1 Å². The molecule has 9 nitrogen and oxygen atoms in total. The predicted molar refractivity (Wildman–Crippen MR) is 124 cm³/mol. The molecule has 11 heteroatoms. The highest BCUT2D eigenvalue weighted by Crippen LogP contribution is 2.30. The van der Waals surface area contributed by atoms with Gasteiger partial charge in [-0.15, -0.1) is 4.40 Å². The van der Waals surface area contributed by atoms with Crippen molar-refractivity contribution in [2.75, 3.05) is 20.6 Å². The Morgan fingerprint density at radius 2 is 1.77 bits per heavy atom. The molecule has 31 heavy (non-hydrogen) atoms. The molecule has 0 aromatic heterocycles. The third kappa shape index (κ3) is 5.60. The largest absolute Gasteiger partial charge is 0.370 e. The minimum atomic E-state index is -3.97. The van der Waals surface area contributed by atoms with Gasteiger partial charge in [-0.05, 0) is 29.7 Å². The Labute approximate surface area is 186 Å². The lowest BCUT2D eigenvalue weighted by molar-refractivity contribution is 0.399. The number of hydrogen-bond acceptors (Lipinski definition) is 3. The van der Waals surface area contributed by atoms with Gasteiger partial charge in [-0.25, -0.2) is 5.01 Å². The molecule has 1 aliphatic rings. The molecule has 164 valence electrons. The van der Waals surface area contributed by atoms with Gasteiger partial charge in [0.25, 0.3) is 5.96 Å². The summed E-state index contributed by atoms with van der Waals surface area (Å²) in [6.45, 7) is 0.370. The quantitative estimate of drug-likeness (QED) is 0.531. The summed E-state index contributed by atoms with van der Waals surface area (Å²) in [5.41, 5.74) is 13.7. The monoisotopic (exact) mass is 461 g/mol. The molecule has 0 radical (unpaired) electrons. The van der Waals surface area contributed by atoms with Crippen molar-refractivity contribution in [1.82, 2.24) is 9.31 Å². The fourth-order valence-corrected chi connectivity index (χ4v) is 3.73. The molecule has 4 N–H and O–H groups in total. The highest BCUT2D eigenvalue weighted by molar-refractivity contribution is 7.87. The minimum absolute atomic E-state index is 0.00969. The van der Waals surface area contributed by atoms with Crippen LogP contribution in [0.1, 0.15) is 23.5 Å². The number of rotatable bonds is 4. The van der Waals surface area contributed by atoms with E-state index in [4.69, 9.17) is 28.2 Å². The molecule has 3 rings (SSSR count). The van der Waals surface area contributed by atoms with E-state index in [0.29, 0.717) is 18.0 Å². The Bertz CT molecular complexity index is 1110. The zero-order valence-corrected chi connectivity index (χ0v) is 18.8. The molecule has 0 bridgehead atoms. The second-order valence-electron chi connectivity index (χ2n) is 7.06. The molecular formula is C20H24ClN7O2S. The van der Waals surface area contributed by atoms with E-state index in [1.54, 1.807) is 12.1 Å². The summed E-state index contributed by atoms with van der Waals surface area (Å²) < 4.78 is 29.4. The first kappa shape index (κ1) is 22.7. The van der Waals surface area contributed by atoms with Crippen molar-refractivity contribution in [3.05, 3.63) is 70.7 Å². The maximum absolute atomic E-state index is 12.3. The Morgan fingerprint density at radius 3 is 2.35 bits per heavy atom. The SMILES string of the molecule is CN(C)S(=O)(=O)/N=C(\N=C(N)N)N1CCC(c2ccccc2)C(c2ccc(Cl)cc2)=N1. The van der Waals surface area contributed by atoms with Crippen molar-refractivity contribution in [3.8, 4) is 0 Å². The average Bonchev–Trinajstić information content (AvgIpc) is 2.73. The average molecular weight is 462 g/mol. The van der Waals surface area contributed by atoms with Crippen LogP contribution in [-0.2, 0) is 10.2 Å². The van der Waals surface area contributed by atoms with Gasteiger partial charge in [-0.3, -0.25) is 0 Å². The van der Waals surface area contributed by atoms with Gasteiger partial charge in [-0.2, -0.15) is 22.8 Å². The van der Waals surface area contributed by atoms with Crippen molar-refractivity contribution in [2.24, 2.45) is 26.0 Å². The van der Waals surface area contributed by atoms with Crippen molar-refractivity contribution >= 4 is 39.4 Å². The number of hydrogen-bond donors (Lipinski definition) is 2. The molecule has 1 heterocycles. The smallest absolute Gasteiger partial charge is 0.325 e. The van der Waals surface area contributed by atoms with Crippen LogP contribution < -0.4 is 11.5 Å². The lowest BCUT2D eigenvalue weighted by Crippen LogP contribution is -2.38. The van der Waals surface area contributed by atoms with Crippen LogP contribution in [0.4, 0.5) is 0 Å². The first-order valence-electron chi connectivity index (χ1n) is 9.46. The van der Waals surface area contributed by atoms with Crippen LogP contribution in [-0.4, -0.2) is 56.0 Å². The molecule has 0 amide bonds. The Kier molecular flexibility index (Phi) is 6.94. The van der Waals surface area contributed by atoms with E-state index in [9.17, 15) is 8.42 Å². The maximum atomic E-state index is 12.3. The lowest BCUT2D eigenvalue weighted by Gasteiger charge is -2.30. The van der Waals surface area contributed by atoms with Crippen LogP contribution >= 0.6 is 11.6 Å². The fraction of sp³-hybridized carbons (Fsp3) is 0.250. The van der Waals surface area contributed by atoms with E-state index in [1.807, 2.05) is 42.5 Å². The van der Waals surface area contributed by atoms with Gasteiger partial charge in [0.05, 0.1) is 5.71 Å². The van der Waals surface area contributed by atoms with Crippen LogP contribution in [0.2, 0.25) is 5.02 Å². The molecule has 0 saturated carbocycles. The Balaban J connectivity index is 2.12. The van der Waals surface area contributed by atoms with Crippen LogP contribution in [0.3, 0.4) is 0 Å². The van der Waals surface area contributed by atoms with Gasteiger partial charge >= 0.3 is 10.2 Å². The van der Waals surface area contributed by atoms with Crippen molar-refractivity contribution < 1.29 is 8.42 Å². The second-order valence-corrected chi connectivity index (χ2v) is 9.30. The number of halogens is 1. The number of guanidine groups is 2. The molecule has 0 saturated heterocycles. The number of hydrazone groups is 1. The van der Waals surface area contributed by atoms with Crippen LogP contribution in [0.15, 0.2) is 69.1 Å². The summed E-state index contributed by atoms with van der Waals surface area (Å²) in [6.07, 6.45) is 0.645. The van der Waals surface area contributed by atoms with E-state index >= 15 is 0 Å². The zero-order valence-electron chi connectivity index (χ0n) is 17.2. The number of nitrogens with zero attached hydrogens (tertiary/aromatic N) is 5. The molecule has 2 aromatic rings. The first-order valence-corrected chi connectivity index (χ1v) is 11.2. The lowest BCUT2D eigenvalue weighted by atomic mass is 9.86. The van der Waals surface area contributed by atoms with Crippen LogP contribution in [0, 0.1) is 0 Å². The second kappa shape index (κ2) is 9.46. The molecule has 0 aliphatic carbocycles. The summed E-state index contributed by atoms with van der Waals surface area (Å²) >= 11 is 6.06. The summed E-state index contributed by atoms with van der Waals surface area (Å²) in [4.78, 5) is 3.92. The van der Waals surface area contributed by atoms with Crippen LogP contribution in [0.25, 0.3) is 0 Å². The number of nitrogens with two attached hydrogens (primary N) is 2. The standard InChI is InChI=1S/C20H24ClN7O2S/c1-27(2)31(29,30)26-20(24-19(22)23)28-13-12-17(14-6-4-3-5-7-14)18(25-28)15-8-10-16(21)11-9-15/h3-11,17H,12-13H2,1-2H3,(H4,22,23,24,26). The van der Waals surface area contributed by atoms with Crippen molar-refractivity contribution in [2.45, 2.75) is 12.3 Å². The number of benzene rings is 2. The third-order valence-corrected chi connectivity index (χ3v) is 6.22. The summed E-state index contributed by atoms with van der Waals surface area (Å²) in [7, 11) is -1.23.